The molecule has 1 fully saturated rings. The molecule has 1 aromatic rings. The quantitative estimate of drug-likeness (QED) is 0.844. The van der Waals surface area contributed by atoms with Crippen LogP contribution in [0.1, 0.15) is 44.0 Å². The van der Waals surface area contributed by atoms with Gasteiger partial charge >= 0.3 is 0 Å². The molecule has 1 aliphatic rings. The van der Waals surface area contributed by atoms with Crippen molar-refractivity contribution in [3.63, 3.8) is 0 Å². The highest BCUT2D eigenvalue weighted by Crippen LogP contribution is 2.22. The van der Waals surface area contributed by atoms with Crippen molar-refractivity contribution in [2.24, 2.45) is 0 Å². The van der Waals surface area contributed by atoms with Crippen molar-refractivity contribution in [2.75, 3.05) is 6.61 Å². The molecule has 2 N–H and O–H groups in total. The predicted molar refractivity (Wildman–Crippen MR) is 82.1 cm³/mol. The minimum atomic E-state index is -0.265. The average molecular weight is 310 g/mol. The summed E-state index contributed by atoms with van der Waals surface area (Å²) in [6.45, 7) is 4.20. The van der Waals surface area contributed by atoms with Crippen molar-refractivity contribution in [2.45, 2.75) is 51.3 Å². The van der Waals surface area contributed by atoms with Crippen LogP contribution in [-0.4, -0.2) is 30.6 Å². The predicted octanol–water partition coefficient (Wildman–Crippen LogP) is 2.00. The summed E-state index contributed by atoms with van der Waals surface area (Å²) in [5.74, 6) is -0.196. The van der Waals surface area contributed by atoms with Crippen LogP contribution in [0.5, 0.6) is 0 Å². The molecule has 21 heavy (non-hydrogen) atoms. The third kappa shape index (κ3) is 4.82. The van der Waals surface area contributed by atoms with Gasteiger partial charge in [-0.2, -0.15) is 0 Å². The number of rotatable bonds is 6. The first-order valence-electron chi connectivity index (χ1n) is 7.27. The Balaban J connectivity index is 1.89. The molecule has 0 spiro atoms. The molecule has 0 radical (unpaired) electrons. The van der Waals surface area contributed by atoms with E-state index in [0.29, 0.717) is 0 Å². The van der Waals surface area contributed by atoms with Crippen LogP contribution in [0.3, 0.4) is 0 Å². The van der Waals surface area contributed by atoms with Gasteiger partial charge in [0, 0.05) is 18.4 Å². The van der Waals surface area contributed by atoms with Gasteiger partial charge in [-0.3, -0.25) is 9.59 Å². The van der Waals surface area contributed by atoms with Gasteiger partial charge in [0.15, 0.2) is 0 Å². The minimum Gasteiger partial charge on any atom is -0.376 e. The largest absolute Gasteiger partial charge is 0.376 e. The molecule has 5 nitrogen and oxygen atoms in total. The summed E-state index contributed by atoms with van der Waals surface area (Å²) in [6, 6.07) is 3.59. The van der Waals surface area contributed by atoms with Crippen molar-refractivity contribution < 1.29 is 14.3 Å². The molecule has 6 heteroatoms. The Hall–Kier alpha value is -1.40. The number of hydrogen-bond donors (Lipinski definition) is 2. The molecule has 116 valence electrons. The molecule has 1 aliphatic heterocycles. The summed E-state index contributed by atoms with van der Waals surface area (Å²) in [6.07, 6.45) is 2.39. The van der Waals surface area contributed by atoms with Crippen LogP contribution in [0, 0.1) is 0 Å². The van der Waals surface area contributed by atoms with E-state index in [1.807, 2.05) is 24.4 Å². The first kappa shape index (κ1) is 16.0. The van der Waals surface area contributed by atoms with Crippen LogP contribution in [0.4, 0.5) is 0 Å². The summed E-state index contributed by atoms with van der Waals surface area (Å²) in [5.41, 5.74) is 0. The molecule has 1 aromatic heterocycles. The number of carbonyl (C=O) groups is 2. The average Bonchev–Trinajstić information content (AvgIpc) is 3.11. The molecule has 2 rings (SSSR count). The fourth-order valence-electron chi connectivity index (χ4n) is 2.55. The normalized spacial score (nSPS) is 20.8. The van der Waals surface area contributed by atoms with Crippen LogP contribution in [-0.2, 0) is 14.3 Å². The standard InChI is InChI=1S/C15H22N2O3S/c1-10(13-5-3-7-20-13)16-15(19)9-12(17-11(2)18)14-6-4-8-21-14/h4,6,8,10,12-13H,3,5,7,9H2,1-2H3,(H,16,19)(H,17,18)/t10-,12+,13+/m0/s1. The Labute approximate surface area is 129 Å². The zero-order chi connectivity index (χ0) is 15.2. The van der Waals surface area contributed by atoms with Gasteiger partial charge < -0.3 is 15.4 Å². The minimum absolute atomic E-state index is 0.00122. The topological polar surface area (TPSA) is 67.4 Å². The van der Waals surface area contributed by atoms with E-state index >= 15 is 0 Å². The van der Waals surface area contributed by atoms with Crippen LogP contribution < -0.4 is 10.6 Å². The van der Waals surface area contributed by atoms with E-state index < -0.39 is 0 Å². The molecule has 3 atom stereocenters. The molecular formula is C15H22N2O3S. The van der Waals surface area contributed by atoms with Gasteiger partial charge in [-0.1, -0.05) is 6.07 Å². The Bertz CT molecular complexity index is 469. The Morgan fingerprint density at radius 1 is 1.48 bits per heavy atom. The van der Waals surface area contributed by atoms with Crippen molar-refractivity contribution in [1.82, 2.24) is 10.6 Å². The zero-order valence-electron chi connectivity index (χ0n) is 12.4. The van der Waals surface area contributed by atoms with E-state index in [4.69, 9.17) is 4.74 Å². The van der Waals surface area contributed by atoms with Crippen molar-refractivity contribution in [3.8, 4) is 0 Å². The van der Waals surface area contributed by atoms with Crippen molar-refractivity contribution >= 4 is 23.2 Å². The monoisotopic (exact) mass is 310 g/mol. The number of ether oxygens (including phenoxy) is 1. The molecule has 0 unspecified atom stereocenters. The van der Waals surface area contributed by atoms with Crippen LogP contribution in [0.2, 0.25) is 0 Å². The Kier molecular flexibility index (Phi) is 5.76. The van der Waals surface area contributed by atoms with Crippen LogP contribution in [0.15, 0.2) is 17.5 Å². The maximum atomic E-state index is 12.2. The lowest BCUT2D eigenvalue weighted by molar-refractivity contribution is -0.123. The number of hydrogen-bond acceptors (Lipinski definition) is 4. The highest BCUT2D eigenvalue weighted by molar-refractivity contribution is 7.10. The van der Waals surface area contributed by atoms with Crippen LogP contribution in [0.25, 0.3) is 0 Å². The summed E-state index contributed by atoms with van der Waals surface area (Å²) in [7, 11) is 0. The van der Waals surface area contributed by atoms with Gasteiger partial charge in [-0.25, -0.2) is 0 Å². The lowest BCUT2D eigenvalue weighted by Gasteiger charge is -2.22. The highest BCUT2D eigenvalue weighted by Gasteiger charge is 2.25. The number of carbonyl (C=O) groups excluding carboxylic acids is 2. The summed E-state index contributed by atoms with van der Waals surface area (Å²) in [5, 5.41) is 7.75. The third-order valence-electron chi connectivity index (χ3n) is 3.56. The second kappa shape index (κ2) is 7.56. The molecule has 0 saturated carbocycles. The summed E-state index contributed by atoms with van der Waals surface area (Å²) < 4.78 is 5.57. The third-order valence-corrected chi connectivity index (χ3v) is 4.55. The summed E-state index contributed by atoms with van der Waals surface area (Å²) in [4.78, 5) is 24.5. The zero-order valence-corrected chi connectivity index (χ0v) is 13.2. The van der Waals surface area contributed by atoms with Gasteiger partial charge in [0.05, 0.1) is 24.6 Å². The number of nitrogens with one attached hydrogen (secondary N) is 2. The van der Waals surface area contributed by atoms with Gasteiger partial charge in [0.2, 0.25) is 11.8 Å². The van der Waals surface area contributed by atoms with E-state index in [-0.39, 0.29) is 36.4 Å². The lowest BCUT2D eigenvalue weighted by atomic mass is 10.1. The van der Waals surface area contributed by atoms with E-state index in [1.165, 1.54) is 18.3 Å². The first-order chi connectivity index (χ1) is 10.1. The van der Waals surface area contributed by atoms with E-state index in [0.717, 1.165) is 24.3 Å². The molecular weight excluding hydrogens is 288 g/mol. The first-order valence-corrected chi connectivity index (χ1v) is 8.15. The molecule has 0 aromatic carbocycles. The molecule has 0 aliphatic carbocycles. The Morgan fingerprint density at radius 2 is 2.29 bits per heavy atom. The molecule has 0 bridgehead atoms. The molecule has 1 saturated heterocycles. The second-order valence-electron chi connectivity index (χ2n) is 5.38. The number of amides is 2. The summed E-state index contributed by atoms with van der Waals surface area (Å²) >= 11 is 1.54. The molecule has 2 heterocycles. The van der Waals surface area contributed by atoms with E-state index in [1.54, 1.807) is 0 Å². The maximum absolute atomic E-state index is 12.2. The van der Waals surface area contributed by atoms with E-state index in [2.05, 4.69) is 10.6 Å². The maximum Gasteiger partial charge on any atom is 0.222 e. The SMILES string of the molecule is CC(=O)N[C@H](CC(=O)N[C@@H](C)[C@H]1CCCO1)c1cccs1. The second-order valence-corrected chi connectivity index (χ2v) is 6.36. The van der Waals surface area contributed by atoms with Gasteiger partial charge in [-0.15, -0.1) is 11.3 Å². The van der Waals surface area contributed by atoms with Crippen molar-refractivity contribution in [3.05, 3.63) is 22.4 Å². The highest BCUT2D eigenvalue weighted by atomic mass is 32.1. The Morgan fingerprint density at radius 3 is 2.86 bits per heavy atom. The number of thiophene rings is 1. The van der Waals surface area contributed by atoms with Crippen molar-refractivity contribution in [1.29, 1.82) is 0 Å². The van der Waals surface area contributed by atoms with E-state index in [9.17, 15) is 9.59 Å². The fraction of sp³-hybridized carbons (Fsp3) is 0.600. The van der Waals surface area contributed by atoms with Gasteiger partial charge in [0.1, 0.15) is 0 Å². The smallest absolute Gasteiger partial charge is 0.222 e. The van der Waals surface area contributed by atoms with Crippen LogP contribution >= 0.6 is 11.3 Å². The fourth-order valence-corrected chi connectivity index (χ4v) is 3.32. The molecule has 2 amide bonds. The van der Waals surface area contributed by atoms with Gasteiger partial charge in [-0.05, 0) is 31.2 Å². The van der Waals surface area contributed by atoms with Gasteiger partial charge in [0.25, 0.3) is 0 Å². The lowest BCUT2D eigenvalue weighted by Crippen LogP contribution is -2.42.